The zero-order valence-electron chi connectivity index (χ0n) is 17.8. The Bertz CT molecular complexity index is 1350. The summed E-state index contributed by atoms with van der Waals surface area (Å²) >= 11 is 0. The van der Waals surface area contributed by atoms with E-state index in [0.717, 1.165) is 21.9 Å². The predicted molar refractivity (Wildman–Crippen MR) is 132 cm³/mol. The van der Waals surface area contributed by atoms with Gasteiger partial charge >= 0.3 is 8.16 Å². The normalized spacial score (nSPS) is 15.4. The zero-order chi connectivity index (χ0) is 20.8. The minimum atomic E-state index is -1.23. The van der Waals surface area contributed by atoms with Crippen molar-refractivity contribution >= 4 is 51.6 Å². The highest BCUT2D eigenvalue weighted by Gasteiger charge is 2.23. The van der Waals surface area contributed by atoms with Crippen LogP contribution in [0.2, 0.25) is 0 Å². The van der Waals surface area contributed by atoms with Gasteiger partial charge in [0.2, 0.25) is 0 Å². The number of rotatable bonds is 2. The molecule has 1 saturated carbocycles. The SMILES string of the molecule is CN(C1CCCCC1)p1oc2ccc3ccccc3c2c2c(ccc3ccccc32)o1. The van der Waals surface area contributed by atoms with Crippen LogP contribution in [0.4, 0.5) is 0 Å². The van der Waals surface area contributed by atoms with Crippen molar-refractivity contribution in [3.8, 4) is 0 Å². The van der Waals surface area contributed by atoms with Crippen molar-refractivity contribution in [1.29, 1.82) is 0 Å². The lowest BCUT2D eigenvalue weighted by Crippen LogP contribution is -2.30. The lowest BCUT2D eigenvalue weighted by atomic mass is 9.96. The van der Waals surface area contributed by atoms with E-state index in [2.05, 4.69) is 84.5 Å². The Morgan fingerprint density at radius 2 is 1.19 bits per heavy atom. The van der Waals surface area contributed by atoms with E-state index < -0.39 is 8.16 Å². The van der Waals surface area contributed by atoms with E-state index in [4.69, 9.17) is 8.39 Å². The molecular formula is C27H26NO2P. The molecule has 4 aromatic carbocycles. The van der Waals surface area contributed by atoms with E-state index in [1.165, 1.54) is 53.6 Å². The molecule has 1 heterocycles. The lowest BCUT2D eigenvalue weighted by Gasteiger charge is -2.28. The highest BCUT2D eigenvalue weighted by atomic mass is 31.1. The molecule has 5 aromatic rings. The van der Waals surface area contributed by atoms with Gasteiger partial charge in [-0.3, -0.25) is 0 Å². The van der Waals surface area contributed by atoms with Crippen LogP contribution in [0.3, 0.4) is 0 Å². The Labute approximate surface area is 182 Å². The van der Waals surface area contributed by atoms with E-state index in [0.29, 0.717) is 6.04 Å². The molecule has 0 bridgehead atoms. The number of fused-ring (bicyclic) bond motifs is 7. The van der Waals surface area contributed by atoms with Crippen LogP contribution in [0, 0.1) is 0 Å². The third-order valence-corrected chi connectivity index (χ3v) is 8.29. The minimum absolute atomic E-state index is 0.519. The second-order valence-corrected chi connectivity index (χ2v) is 10.1. The highest BCUT2D eigenvalue weighted by molar-refractivity contribution is 7.38. The van der Waals surface area contributed by atoms with E-state index in [9.17, 15) is 0 Å². The monoisotopic (exact) mass is 427 g/mol. The summed E-state index contributed by atoms with van der Waals surface area (Å²) < 4.78 is 15.7. The Morgan fingerprint density at radius 1 is 0.677 bits per heavy atom. The van der Waals surface area contributed by atoms with Crippen molar-refractivity contribution in [2.45, 2.75) is 38.1 Å². The molecule has 1 aliphatic rings. The summed E-state index contributed by atoms with van der Waals surface area (Å²) in [5.41, 5.74) is 1.84. The standard InChI is InChI=1S/C27H26NO2P/c1-28(21-11-3-2-4-12-21)31-29-24-17-15-19-9-5-7-13-22(19)26(24)27-23-14-8-6-10-20(23)16-18-25(27)30-31/h5-10,13-18,21H,2-4,11-12H2,1H3. The third-order valence-electron chi connectivity index (χ3n) is 6.75. The van der Waals surface area contributed by atoms with E-state index in [-0.39, 0.29) is 0 Å². The highest BCUT2D eigenvalue weighted by Crippen LogP contribution is 2.43. The average Bonchev–Trinajstić information content (AvgIpc) is 3.01. The van der Waals surface area contributed by atoms with Crippen molar-refractivity contribution in [2.75, 3.05) is 11.7 Å². The molecule has 0 saturated heterocycles. The smallest absolute Gasteiger partial charge is 0.309 e. The van der Waals surface area contributed by atoms with Gasteiger partial charge in [-0.05, 0) is 46.5 Å². The second-order valence-electron chi connectivity index (χ2n) is 8.61. The van der Waals surface area contributed by atoms with Crippen LogP contribution in [0.25, 0.3) is 43.5 Å². The van der Waals surface area contributed by atoms with Crippen molar-refractivity contribution in [2.24, 2.45) is 0 Å². The molecule has 1 fully saturated rings. The summed E-state index contributed by atoms with van der Waals surface area (Å²) in [7, 11) is 0.942. The van der Waals surface area contributed by atoms with Crippen molar-refractivity contribution in [3.05, 3.63) is 72.8 Å². The Balaban J connectivity index is 1.76. The van der Waals surface area contributed by atoms with Gasteiger partial charge in [-0.15, -0.1) is 0 Å². The van der Waals surface area contributed by atoms with Crippen molar-refractivity contribution < 1.29 is 8.39 Å². The molecule has 6 rings (SSSR count). The lowest BCUT2D eigenvalue weighted by molar-refractivity contribution is 0.431. The first-order chi connectivity index (χ1) is 15.3. The van der Waals surface area contributed by atoms with Crippen LogP contribution in [0.15, 0.2) is 81.2 Å². The summed E-state index contributed by atoms with van der Waals surface area (Å²) in [5, 5.41) is 7.14. The van der Waals surface area contributed by atoms with Gasteiger partial charge in [0.1, 0.15) is 11.2 Å². The molecular weight excluding hydrogens is 401 g/mol. The summed E-state index contributed by atoms with van der Waals surface area (Å²) in [6.45, 7) is 0. The number of hydrogen-bond donors (Lipinski definition) is 0. The first kappa shape index (κ1) is 19.0. The van der Waals surface area contributed by atoms with Crippen LogP contribution in [-0.2, 0) is 0 Å². The molecule has 0 atom stereocenters. The fourth-order valence-electron chi connectivity index (χ4n) is 5.07. The van der Waals surface area contributed by atoms with Crippen LogP contribution in [-0.4, -0.2) is 13.1 Å². The molecule has 0 spiro atoms. The molecule has 0 unspecified atom stereocenters. The maximum absolute atomic E-state index is 6.68. The number of nitrogens with zero attached hydrogens (tertiary/aromatic N) is 1. The summed E-state index contributed by atoms with van der Waals surface area (Å²) in [5.74, 6) is 0. The summed E-state index contributed by atoms with van der Waals surface area (Å²) in [6, 6.07) is 26.2. The first-order valence-corrected chi connectivity index (χ1v) is 12.4. The second kappa shape index (κ2) is 7.75. The number of benzene rings is 4. The topological polar surface area (TPSA) is 29.5 Å². The largest absolute Gasteiger partial charge is 0.408 e. The fraction of sp³-hybridized carbons (Fsp3) is 0.259. The van der Waals surface area contributed by atoms with Gasteiger partial charge in [-0.25, -0.2) is 4.67 Å². The maximum Gasteiger partial charge on any atom is 0.309 e. The molecule has 4 heteroatoms. The van der Waals surface area contributed by atoms with Crippen LogP contribution in [0.5, 0.6) is 0 Å². The molecule has 156 valence electrons. The Kier molecular flexibility index (Phi) is 4.74. The van der Waals surface area contributed by atoms with Gasteiger partial charge in [0.05, 0.1) is 0 Å². The quantitative estimate of drug-likeness (QED) is 0.283. The first-order valence-electron chi connectivity index (χ1n) is 11.2. The van der Waals surface area contributed by atoms with Crippen LogP contribution >= 0.6 is 8.16 Å². The molecule has 0 amide bonds. The summed E-state index contributed by atoms with van der Waals surface area (Å²) in [4.78, 5) is 0. The van der Waals surface area contributed by atoms with Gasteiger partial charge in [0, 0.05) is 23.9 Å². The maximum atomic E-state index is 6.68. The Morgan fingerprint density at radius 3 is 1.74 bits per heavy atom. The van der Waals surface area contributed by atoms with E-state index in [1.807, 2.05) is 0 Å². The van der Waals surface area contributed by atoms with Crippen molar-refractivity contribution in [1.82, 2.24) is 0 Å². The van der Waals surface area contributed by atoms with Crippen LogP contribution in [0.1, 0.15) is 32.1 Å². The molecule has 0 N–H and O–H groups in total. The molecule has 3 nitrogen and oxygen atoms in total. The average molecular weight is 427 g/mol. The fourth-order valence-corrected chi connectivity index (χ4v) is 6.51. The van der Waals surface area contributed by atoms with Gasteiger partial charge in [0.25, 0.3) is 0 Å². The summed E-state index contributed by atoms with van der Waals surface area (Å²) in [6.07, 6.45) is 6.36. The molecule has 0 radical (unpaired) electrons. The molecule has 31 heavy (non-hydrogen) atoms. The van der Waals surface area contributed by atoms with Gasteiger partial charge in [-0.2, -0.15) is 0 Å². The van der Waals surface area contributed by atoms with Gasteiger partial charge < -0.3 is 8.39 Å². The Hall–Kier alpha value is -2.74. The predicted octanol–water partition coefficient (Wildman–Crippen LogP) is 8.50. The van der Waals surface area contributed by atoms with E-state index in [1.54, 1.807) is 0 Å². The van der Waals surface area contributed by atoms with Gasteiger partial charge in [0.15, 0.2) is 0 Å². The molecule has 1 aliphatic carbocycles. The minimum Gasteiger partial charge on any atom is -0.408 e. The molecule has 1 aromatic heterocycles. The third kappa shape index (κ3) is 3.24. The molecule has 0 aliphatic heterocycles. The zero-order valence-corrected chi connectivity index (χ0v) is 18.6. The van der Waals surface area contributed by atoms with Crippen LogP contribution < -0.4 is 4.67 Å². The van der Waals surface area contributed by atoms with Gasteiger partial charge in [-0.1, -0.05) is 79.9 Å². The van der Waals surface area contributed by atoms with Crippen molar-refractivity contribution in [3.63, 3.8) is 0 Å². The number of hydrogen-bond acceptors (Lipinski definition) is 3. The van der Waals surface area contributed by atoms with E-state index >= 15 is 0 Å².